The summed E-state index contributed by atoms with van der Waals surface area (Å²) in [5, 5.41) is 4.66. The third-order valence-corrected chi connectivity index (χ3v) is 6.67. The lowest BCUT2D eigenvalue weighted by atomic mass is 9.85. The van der Waals surface area contributed by atoms with Gasteiger partial charge in [0.25, 0.3) is 5.91 Å². The van der Waals surface area contributed by atoms with Gasteiger partial charge in [0.1, 0.15) is 5.75 Å². The fraction of sp³-hybridized carbons (Fsp3) is 0.524. The molecule has 2 aliphatic rings. The number of carbonyl (C=O) groups excluding carboxylic acids is 1. The van der Waals surface area contributed by atoms with Gasteiger partial charge in [0.05, 0.1) is 28.8 Å². The van der Waals surface area contributed by atoms with Crippen molar-refractivity contribution in [1.29, 1.82) is 0 Å². The quantitative estimate of drug-likeness (QED) is 0.722. The van der Waals surface area contributed by atoms with Gasteiger partial charge in [-0.2, -0.15) is 5.10 Å². The molecule has 1 aliphatic heterocycles. The van der Waals surface area contributed by atoms with Gasteiger partial charge in [-0.25, -0.2) is 8.42 Å². The molecule has 2 aromatic rings. The summed E-state index contributed by atoms with van der Waals surface area (Å²) in [4.78, 5) is 15.0. The van der Waals surface area contributed by atoms with E-state index in [1.807, 2.05) is 24.7 Å². The Labute approximate surface area is 171 Å². The van der Waals surface area contributed by atoms with E-state index in [0.29, 0.717) is 18.8 Å². The zero-order valence-corrected chi connectivity index (χ0v) is 17.9. The predicted molar refractivity (Wildman–Crippen MR) is 108 cm³/mol. The van der Waals surface area contributed by atoms with Gasteiger partial charge in [-0.1, -0.05) is 6.42 Å². The first-order valence-electron chi connectivity index (χ1n) is 10.1. The molecule has 29 heavy (non-hydrogen) atoms. The minimum Gasteiger partial charge on any atom is -0.490 e. The first-order chi connectivity index (χ1) is 13.7. The molecule has 1 amide bonds. The van der Waals surface area contributed by atoms with Crippen LogP contribution in [0, 0.1) is 5.92 Å². The Morgan fingerprint density at radius 1 is 1.28 bits per heavy atom. The third-order valence-electron chi connectivity index (χ3n) is 5.56. The molecule has 8 heteroatoms. The van der Waals surface area contributed by atoms with E-state index in [9.17, 15) is 13.2 Å². The summed E-state index contributed by atoms with van der Waals surface area (Å²) in [5.41, 5.74) is 2.25. The number of fused-ring (bicyclic) bond motifs is 1. The van der Waals surface area contributed by atoms with E-state index in [2.05, 4.69) is 5.10 Å². The highest BCUT2D eigenvalue weighted by Crippen LogP contribution is 2.31. The van der Waals surface area contributed by atoms with E-state index < -0.39 is 9.84 Å². The van der Waals surface area contributed by atoms with Gasteiger partial charge in [0.2, 0.25) is 0 Å². The summed E-state index contributed by atoms with van der Waals surface area (Å²) in [6.45, 7) is 5.59. The van der Waals surface area contributed by atoms with E-state index in [1.54, 1.807) is 11.0 Å². The molecule has 1 saturated carbocycles. The topological polar surface area (TPSA) is 81.5 Å². The van der Waals surface area contributed by atoms with Gasteiger partial charge < -0.3 is 9.64 Å². The maximum atomic E-state index is 13.2. The van der Waals surface area contributed by atoms with E-state index in [4.69, 9.17) is 4.74 Å². The molecular weight excluding hydrogens is 390 g/mol. The minimum absolute atomic E-state index is 0.111. The summed E-state index contributed by atoms with van der Waals surface area (Å²) in [6, 6.07) is 4.47. The SMILES string of the molecule is CC(C)Oc1ccc(S(C)(=O)=O)cc1C(=O)N1Cc2cn(CC3CCC3)nc2C1. The largest absolute Gasteiger partial charge is 0.490 e. The number of sulfone groups is 1. The van der Waals surface area contributed by atoms with Crippen molar-refractivity contribution < 1.29 is 17.9 Å². The highest BCUT2D eigenvalue weighted by Gasteiger charge is 2.30. The molecule has 0 spiro atoms. The Morgan fingerprint density at radius 3 is 2.62 bits per heavy atom. The van der Waals surface area contributed by atoms with E-state index in [0.717, 1.165) is 30.0 Å². The monoisotopic (exact) mass is 417 g/mol. The Hall–Kier alpha value is -2.35. The molecule has 1 aromatic heterocycles. The molecule has 1 aliphatic carbocycles. The van der Waals surface area contributed by atoms with Gasteiger partial charge in [-0.05, 0) is 50.8 Å². The van der Waals surface area contributed by atoms with Crippen molar-refractivity contribution in [3.63, 3.8) is 0 Å². The molecule has 0 atom stereocenters. The average molecular weight is 418 g/mol. The smallest absolute Gasteiger partial charge is 0.258 e. The summed E-state index contributed by atoms with van der Waals surface area (Å²) < 4.78 is 31.7. The van der Waals surface area contributed by atoms with Crippen LogP contribution in [0.5, 0.6) is 5.75 Å². The molecule has 156 valence electrons. The van der Waals surface area contributed by atoms with Gasteiger partial charge in [0, 0.05) is 31.1 Å². The van der Waals surface area contributed by atoms with Crippen LogP contribution in [0.1, 0.15) is 54.7 Å². The van der Waals surface area contributed by atoms with Crippen LogP contribution in [0.25, 0.3) is 0 Å². The standard InChI is InChI=1S/C21H27N3O4S/c1-14(2)28-20-8-7-17(29(3,26)27)9-18(20)21(25)23-11-16-12-24(22-19(16)13-23)10-15-5-4-6-15/h7-9,12,14-15H,4-6,10-11,13H2,1-3H3. The van der Waals surface area contributed by atoms with E-state index >= 15 is 0 Å². The van der Waals surface area contributed by atoms with Crippen LogP contribution in [-0.2, 0) is 29.5 Å². The van der Waals surface area contributed by atoms with Crippen LogP contribution < -0.4 is 4.74 Å². The Bertz CT molecular complexity index is 1010. The van der Waals surface area contributed by atoms with Gasteiger partial charge >= 0.3 is 0 Å². The second kappa shape index (κ2) is 7.48. The maximum absolute atomic E-state index is 13.2. The molecule has 0 bridgehead atoms. The predicted octanol–water partition coefficient (Wildman–Crippen LogP) is 3.03. The van der Waals surface area contributed by atoms with Crippen LogP contribution in [0.4, 0.5) is 0 Å². The molecule has 0 saturated heterocycles. The Morgan fingerprint density at radius 2 is 2.03 bits per heavy atom. The molecule has 0 N–H and O–H groups in total. The van der Waals surface area contributed by atoms with Crippen LogP contribution >= 0.6 is 0 Å². The number of amides is 1. The van der Waals surface area contributed by atoms with Crippen LogP contribution in [-0.4, -0.2) is 41.4 Å². The van der Waals surface area contributed by atoms with Crippen LogP contribution in [0.3, 0.4) is 0 Å². The number of ether oxygens (including phenoxy) is 1. The average Bonchev–Trinajstić information content (AvgIpc) is 3.15. The number of aromatic nitrogens is 2. The van der Waals surface area contributed by atoms with Crippen molar-refractivity contribution in [2.75, 3.05) is 6.26 Å². The van der Waals surface area contributed by atoms with Crippen molar-refractivity contribution in [1.82, 2.24) is 14.7 Å². The minimum atomic E-state index is -3.43. The highest BCUT2D eigenvalue weighted by molar-refractivity contribution is 7.90. The third kappa shape index (κ3) is 4.17. The first kappa shape index (κ1) is 19.9. The number of carbonyl (C=O) groups is 1. The number of benzene rings is 1. The van der Waals surface area contributed by atoms with Crippen LogP contribution in [0.15, 0.2) is 29.3 Å². The zero-order valence-electron chi connectivity index (χ0n) is 17.1. The fourth-order valence-corrected chi connectivity index (χ4v) is 4.47. The Balaban J connectivity index is 1.55. The molecule has 0 radical (unpaired) electrons. The number of rotatable bonds is 6. The lowest BCUT2D eigenvalue weighted by Gasteiger charge is -2.25. The zero-order chi connectivity index (χ0) is 20.8. The van der Waals surface area contributed by atoms with Crippen molar-refractivity contribution in [2.45, 2.75) is 63.7 Å². The van der Waals surface area contributed by atoms with Crippen molar-refractivity contribution in [3.8, 4) is 5.75 Å². The van der Waals surface area contributed by atoms with Crippen molar-refractivity contribution in [3.05, 3.63) is 41.2 Å². The molecule has 2 heterocycles. The second-order valence-electron chi connectivity index (χ2n) is 8.38. The first-order valence-corrected chi connectivity index (χ1v) is 11.9. The molecule has 7 nitrogen and oxygen atoms in total. The van der Waals surface area contributed by atoms with E-state index in [-0.39, 0.29) is 22.5 Å². The maximum Gasteiger partial charge on any atom is 0.258 e. The van der Waals surface area contributed by atoms with Crippen LogP contribution in [0.2, 0.25) is 0 Å². The Kier molecular flexibility index (Phi) is 5.14. The summed E-state index contributed by atoms with van der Waals surface area (Å²) in [5.74, 6) is 0.883. The number of hydrogen-bond acceptors (Lipinski definition) is 5. The molecule has 4 rings (SSSR count). The van der Waals surface area contributed by atoms with Crippen molar-refractivity contribution >= 4 is 15.7 Å². The number of nitrogens with zero attached hydrogens (tertiary/aromatic N) is 3. The summed E-state index contributed by atoms with van der Waals surface area (Å²) in [7, 11) is -3.43. The van der Waals surface area contributed by atoms with E-state index in [1.165, 1.54) is 31.4 Å². The highest BCUT2D eigenvalue weighted by atomic mass is 32.2. The van der Waals surface area contributed by atoms with Gasteiger partial charge in [-0.3, -0.25) is 9.48 Å². The summed E-state index contributed by atoms with van der Waals surface area (Å²) in [6.07, 6.45) is 6.89. The number of hydrogen-bond donors (Lipinski definition) is 0. The lowest BCUT2D eigenvalue weighted by molar-refractivity contribution is 0.0742. The lowest BCUT2D eigenvalue weighted by Crippen LogP contribution is -2.27. The second-order valence-corrected chi connectivity index (χ2v) is 10.4. The summed E-state index contributed by atoms with van der Waals surface area (Å²) >= 11 is 0. The van der Waals surface area contributed by atoms with Gasteiger partial charge in [-0.15, -0.1) is 0 Å². The fourth-order valence-electron chi connectivity index (χ4n) is 3.82. The molecular formula is C21H27N3O4S. The molecule has 1 aromatic carbocycles. The molecule has 0 unspecified atom stereocenters. The molecule has 1 fully saturated rings. The van der Waals surface area contributed by atoms with Crippen molar-refractivity contribution in [2.24, 2.45) is 5.92 Å². The normalized spacial score (nSPS) is 16.8. The van der Waals surface area contributed by atoms with Gasteiger partial charge in [0.15, 0.2) is 9.84 Å².